The summed E-state index contributed by atoms with van der Waals surface area (Å²) in [6, 6.07) is 4.07. The molecule has 1 saturated carbocycles. The molecule has 2 N–H and O–H groups in total. The number of nitrogens with one attached hydrogen (secondary N) is 2. The van der Waals surface area contributed by atoms with Crippen molar-refractivity contribution in [3.05, 3.63) is 24.0 Å². The van der Waals surface area contributed by atoms with Crippen LogP contribution in [0.25, 0.3) is 0 Å². The third-order valence-corrected chi connectivity index (χ3v) is 2.33. The number of anilines is 1. The molecule has 86 valence electrons. The van der Waals surface area contributed by atoms with E-state index in [0.29, 0.717) is 5.75 Å². The van der Waals surface area contributed by atoms with Crippen molar-refractivity contribution >= 4 is 11.7 Å². The number of halogens is 1. The van der Waals surface area contributed by atoms with Gasteiger partial charge in [-0.25, -0.2) is 9.18 Å². The van der Waals surface area contributed by atoms with Crippen LogP contribution < -0.4 is 15.4 Å². The second-order valence-corrected chi connectivity index (χ2v) is 3.72. The van der Waals surface area contributed by atoms with Gasteiger partial charge in [0.15, 0.2) is 0 Å². The number of carbonyl (C=O) groups excluding carboxylic acids is 1. The summed E-state index contributed by atoms with van der Waals surface area (Å²) in [7, 11) is 1.49. The molecule has 1 aromatic rings. The van der Waals surface area contributed by atoms with E-state index in [-0.39, 0.29) is 17.8 Å². The lowest BCUT2D eigenvalue weighted by molar-refractivity contribution is 0.251. The first-order chi connectivity index (χ1) is 7.69. The second-order valence-electron chi connectivity index (χ2n) is 3.72. The Morgan fingerprint density at radius 2 is 2.25 bits per heavy atom. The molecule has 0 aromatic heterocycles. The van der Waals surface area contributed by atoms with Crippen molar-refractivity contribution in [1.29, 1.82) is 0 Å². The number of urea groups is 1. The molecule has 0 radical (unpaired) electrons. The van der Waals surface area contributed by atoms with Crippen LogP contribution in [0.3, 0.4) is 0 Å². The highest BCUT2D eigenvalue weighted by Gasteiger charge is 2.23. The van der Waals surface area contributed by atoms with Crippen molar-refractivity contribution in [3.63, 3.8) is 0 Å². The Morgan fingerprint density at radius 1 is 1.50 bits per heavy atom. The lowest BCUT2D eigenvalue weighted by Crippen LogP contribution is -2.30. The molecule has 0 heterocycles. The van der Waals surface area contributed by atoms with Gasteiger partial charge in [0.1, 0.15) is 11.6 Å². The first kappa shape index (κ1) is 10.7. The molecule has 0 bridgehead atoms. The Bertz CT molecular complexity index is 405. The van der Waals surface area contributed by atoms with Gasteiger partial charge in [0.2, 0.25) is 0 Å². The minimum Gasteiger partial charge on any atom is -0.497 e. The van der Waals surface area contributed by atoms with Crippen molar-refractivity contribution in [1.82, 2.24) is 5.32 Å². The maximum atomic E-state index is 13.3. The SMILES string of the molecule is COc1ccc(F)c(NC(=O)NC2CC2)c1. The van der Waals surface area contributed by atoms with Crippen LogP contribution in [0, 0.1) is 5.82 Å². The van der Waals surface area contributed by atoms with Crippen LogP contribution in [0.15, 0.2) is 18.2 Å². The van der Waals surface area contributed by atoms with Gasteiger partial charge >= 0.3 is 6.03 Å². The second kappa shape index (κ2) is 4.38. The summed E-state index contributed by atoms with van der Waals surface area (Å²) in [6.07, 6.45) is 1.99. The van der Waals surface area contributed by atoms with E-state index in [9.17, 15) is 9.18 Å². The Hall–Kier alpha value is -1.78. The predicted molar refractivity (Wildman–Crippen MR) is 58.1 cm³/mol. The number of hydrogen-bond acceptors (Lipinski definition) is 2. The molecular weight excluding hydrogens is 211 g/mol. The molecule has 5 heteroatoms. The van der Waals surface area contributed by atoms with E-state index in [1.54, 1.807) is 0 Å². The molecule has 1 fully saturated rings. The van der Waals surface area contributed by atoms with Gasteiger partial charge in [-0.3, -0.25) is 0 Å². The first-order valence-corrected chi connectivity index (χ1v) is 5.10. The molecule has 4 nitrogen and oxygen atoms in total. The predicted octanol–water partition coefficient (Wildman–Crippen LogP) is 2.12. The molecule has 0 spiro atoms. The van der Waals surface area contributed by atoms with Gasteiger partial charge < -0.3 is 15.4 Å². The van der Waals surface area contributed by atoms with Gasteiger partial charge in [0, 0.05) is 12.1 Å². The molecule has 16 heavy (non-hydrogen) atoms. The number of carbonyl (C=O) groups is 1. The van der Waals surface area contributed by atoms with Crippen molar-refractivity contribution in [3.8, 4) is 5.75 Å². The minimum absolute atomic E-state index is 0.123. The smallest absolute Gasteiger partial charge is 0.319 e. The van der Waals surface area contributed by atoms with Crippen LogP contribution in [0.1, 0.15) is 12.8 Å². The van der Waals surface area contributed by atoms with Gasteiger partial charge in [0.25, 0.3) is 0 Å². The van der Waals surface area contributed by atoms with E-state index in [1.807, 2.05) is 0 Å². The van der Waals surface area contributed by atoms with E-state index in [1.165, 1.54) is 25.3 Å². The van der Waals surface area contributed by atoms with E-state index in [4.69, 9.17) is 4.74 Å². The molecule has 0 aliphatic heterocycles. The first-order valence-electron chi connectivity index (χ1n) is 5.10. The Morgan fingerprint density at radius 3 is 2.88 bits per heavy atom. The average Bonchev–Trinajstić information content (AvgIpc) is 3.05. The minimum atomic E-state index is -0.480. The Labute approximate surface area is 92.8 Å². The largest absolute Gasteiger partial charge is 0.497 e. The van der Waals surface area contributed by atoms with Crippen LogP contribution in [-0.4, -0.2) is 19.2 Å². The Kier molecular flexibility index (Phi) is 2.94. The summed E-state index contributed by atoms with van der Waals surface area (Å²) < 4.78 is 18.3. The summed E-state index contributed by atoms with van der Waals surface area (Å²) in [5, 5.41) is 5.16. The molecule has 2 amide bonds. The normalized spacial score (nSPS) is 14.4. The zero-order valence-electron chi connectivity index (χ0n) is 8.92. The van der Waals surface area contributed by atoms with E-state index in [2.05, 4.69) is 10.6 Å². The van der Waals surface area contributed by atoms with Crippen LogP contribution >= 0.6 is 0 Å². The van der Waals surface area contributed by atoms with Gasteiger partial charge in [0.05, 0.1) is 12.8 Å². The molecule has 2 rings (SSSR count). The topological polar surface area (TPSA) is 50.4 Å². The lowest BCUT2D eigenvalue weighted by Gasteiger charge is -2.08. The van der Waals surface area contributed by atoms with E-state index >= 15 is 0 Å². The number of hydrogen-bond donors (Lipinski definition) is 2. The number of amides is 2. The van der Waals surface area contributed by atoms with Crippen LogP contribution in [0.2, 0.25) is 0 Å². The fourth-order valence-corrected chi connectivity index (χ4v) is 1.30. The van der Waals surface area contributed by atoms with Gasteiger partial charge in [-0.05, 0) is 25.0 Å². The highest BCUT2D eigenvalue weighted by atomic mass is 19.1. The van der Waals surface area contributed by atoms with Crippen molar-refractivity contribution in [2.75, 3.05) is 12.4 Å². The molecule has 0 atom stereocenters. The van der Waals surface area contributed by atoms with Crippen molar-refractivity contribution in [2.45, 2.75) is 18.9 Å². The van der Waals surface area contributed by atoms with E-state index < -0.39 is 5.82 Å². The zero-order chi connectivity index (χ0) is 11.5. The van der Waals surface area contributed by atoms with Gasteiger partial charge in [-0.15, -0.1) is 0 Å². The maximum Gasteiger partial charge on any atom is 0.319 e. The highest BCUT2D eigenvalue weighted by molar-refractivity contribution is 5.90. The van der Waals surface area contributed by atoms with Crippen LogP contribution in [-0.2, 0) is 0 Å². The van der Waals surface area contributed by atoms with Crippen molar-refractivity contribution < 1.29 is 13.9 Å². The summed E-state index contributed by atoms with van der Waals surface area (Å²) in [6.45, 7) is 0. The average molecular weight is 224 g/mol. The maximum absolute atomic E-state index is 13.3. The Balaban J connectivity index is 2.03. The molecule has 1 aromatic carbocycles. The summed E-state index contributed by atoms with van der Waals surface area (Å²) in [5.41, 5.74) is 0.123. The summed E-state index contributed by atoms with van der Waals surface area (Å²) in [4.78, 5) is 11.4. The van der Waals surface area contributed by atoms with Crippen molar-refractivity contribution in [2.24, 2.45) is 0 Å². The number of ether oxygens (including phenoxy) is 1. The van der Waals surface area contributed by atoms with Crippen LogP contribution in [0.5, 0.6) is 5.75 Å². The van der Waals surface area contributed by atoms with Gasteiger partial charge in [-0.1, -0.05) is 0 Å². The fraction of sp³-hybridized carbons (Fsp3) is 0.364. The quantitative estimate of drug-likeness (QED) is 0.826. The third-order valence-electron chi connectivity index (χ3n) is 2.33. The molecule has 1 aliphatic carbocycles. The van der Waals surface area contributed by atoms with Gasteiger partial charge in [-0.2, -0.15) is 0 Å². The van der Waals surface area contributed by atoms with E-state index in [0.717, 1.165) is 12.8 Å². The molecule has 0 unspecified atom stereocenters. The monoisotopic (exact) mass is 224 g/mol. The zero-order valence-corrected chi connectivity index (χ0v) is 8.92. The lowest BCUT2D eigenvalue weighted by atomic mass is 10.3. The number of methoxy groups -OCH3 is 1. The molecular formula is C11H13FN2O2. The third kappa shape index (κ3) is 2.62. The summed E-state index contributed by atoms with van der Waals surface area (Å²) in [5.74, 6) is 0.0230. The standard InChI is InChI=1S/C11H13FN2O2/c1-16-8-4-5-9(12)10(6-8)14-11(15)13-7-2-3-7/h4-7H,2-3H2,1H3,(H2,13,14,15). The number of rotatable bonds is 3. The molecule has 1 aliphatic rings. The fourth-order valence-electron chi connectivity index (χ4n) is 1.30. The highest BCUT2D eigenvalue weighted by Crippen LogP contribution is 2.22. The summed E-state index contributed by atoms with van der Waals surface area (Å²) >= 11 is 0. The van der Waals surface area contributed by atoms with Crippen LogP contribution in [0.4, 0.5) is 14.9 Å². The molecule has 0 saturated heterocycles. The number of benzene rings is 1.